The summed E-state index contributed by atoms with van der Waals surface area (Å²) in [5.41, 5.74) is 0. The molecule has 15 heavy (non-hydrogen) atoms. The molecule has 0 aromatic carbocycles. The summed E-state index contributed by atoms with van der Waals surface area (Å²) in [7, 11) is 0. The van der Waals surface area contributed by atoms with Gasteiger partial charge in [0.15, 0.2) is 0 Å². The highest BCUT2D eigenvalue weighted by Crippen LogP contribution is 2.32. The van der Waals surface area contributed by atoms with E-state index >= 15 is 0 Å². The fourth-order valence-corrected chi connectivity index (χ4v) is 2.87. The first-order valence-electron chi connectivity index (χ1n) is 6.92. The van der Waals surface area contributed by atoms with Crippen LogP contribution in [0.5, 0.6) is 0 Å². The molecule has 0 heterocycles. The van der Waals surface area contributed by atoms with Gasteiger partial charge in [-0.15, -0.1) is 0 Å². The Morgan fingerprint density at radius 1 is 1.07 bits per heavy atom. The van der Waals surface area contributed by atoms with Gasteiger partial charge < -0.3 is 5.11 Å². The van der Waals surface area contributed by atoms with Crippen molar-refractivity contribution in [3.63, 3.8) is 0 Å². The van der Waals surface area contributed by atoms with Crippen LogP contribution in [0.3, 0.4) is 0 Å². The average Bonchev–Trinajstić information content (AvgIpc) is 2.27. The molecule has 0 saturated heterocycles. The lowest BCUT2D eigenvalue weighted by Gasteiger charge is -2.28. The van der Waals surface area contributed by atoms with Gasteiger partial charge in [0.25, 0.3) is 0 Å². The van der Waals surface area contributed by atoms with Crippen LogP contribution in [-0.4, -0.2) is 11.2 Å². The van der Waals surface area contributed by atoms with Crippen molar-refractivity contribution in [2.24, 2.45) is 11.8 Å². The van der Waals surface area contributed by atoms with Crippen LogP contribution in [0, 0.1) is 11.8 Å². The maximum atomic E-state index is 9.70. The largest absolute Gasteiger partial charge is 0.393 e. The molecule has 0 radical (unpaired) electrons. The fraction of sp³-hybridized carbons (Fsp3) is 1.00. The van der Waals surface area contributed by atoms with Crippen molar-refractivity contribution < 1.29 is 5.11 Å². The van der Waals surface area contributed by atoms with Crippen LogP contribution in [0.25, 0.3) is 0 Å². The zero-order valence-corrected chi connectivity index (χ0v) is 10.5. The summed E-state index contributed by atoms with van der Waals surface area (Å²) in [6.45, 7) is 4.53. The van der Waals surface area contributed by atoms with Crippen molar-refractivity contribution in [1.82, 2.24) is 0 Å². The summed E-state index contributed by atoms with van der Waals surface area (Å²) in [5, 5.41) is 9.70. The first kappa shape index (κ1) is 13.0. The summed E-state index contributed by atoms with van der Waals surface area (Å²) in [6.07, 6.45) is 11.5. The third kappa shape index (κ3) is 5.01. The SMILES string of the molecule is CCCC(O)CCC(C)C1CCCCC1. The number of aliphatic hydroxyl groups is 1. The normalized spacial score (nSPS) is 22.6. The van der Waals surface area contributed by atoms with E-state index in [9.17, 15) is 5.11 Å². The Labute approximate surface area is 95.3 Å². The van der Waals surface area contributed by atoms with Crippen LogP contribution in [0.1, 0.15) is 71.6 Å². The van der Waals surface area contributed by atoms with E-state index in [-0.39, 0.29) is 6.10 Å². The number of rotatable bonds is 6. The quantitative estimate of drug-likeness (QED) is 0.701. The average molecular weight is 212 g/mol. The van der Waals surface area contributed by atoms with Gasteiger partial charge in [-0.3, -0.25) is 0 Å². The molecule has 0 amide bonds. The molecule has 1 nitrogen and oxygen atoms in total. The molecule has 2 unspecified atom stereocenters. The van der Waals surface area contributed by atoms with E-state index in [1.165, 1.54) is 38.5 Å². The van der Waals surface area contributed by atoms with Crippen LogP contribution in [0.4, 0.5) is 0 Å². The van der Waals surface area contributed by atoms with Gasteiger partial charge in [-0.05, 0) is 31.1 Å². The van der Waals surface area contributed by atoms with Gasteiger partial charge in [-0.1, -0.05) is 52.4 Å². The van der Waals surface area contributed by atoms with Gasteiger partial charge in [-0.2, -0.15) is 0 Å². The highest BCUT2D eigenvalue weighted by molar-refractivity contribution is 4.72. The van der Waals surface area contributed by atoms with Crippen molar-refractivity contribution in [3.8, 4) is 0 Å². The predicted octanol–water partition coefficient (Wildman–Crippen LogP) is 4.14. The van der Waals surface area contributed by atoms with Crippen molar-refractivity contribution in [3.05, 3.63) is 0 Å². The molecule has 0 aromatic heterocycles. The third-order valence-corrected chi connectivity index (χ3v) is 4.03. The van der Waals surface area contributed by atoms with E-state index in [4.69, 9.17) is 0 Å². The minimum absolute atomic E-state index is 0.0407. The van der Waals surface area contributed by atoms with Crippen LogP contribution in [0.2, 0.25) is 0 Å². The first-order valence-corrected chi connectivity index (χ1v) is 6.92. The van der Waals surface area contributed by atoms with Crippen LogP contribution >= 0.6 is 0 Å². The molecule has 1 rings (SSSR count). The lowest BCUT2D eigenvalue weighted by molar-refractivity contribution is 0.134. The molecular formula is C14H28O. The van der Waals surface area contributed by atoms with Crippen molar-refractivity contribution in [1.29, 1.82) is 0 Å². The second-order valence-corrected chi connectivity index (χ2v) is 5.40. The smallest absolute Gasteiger partial charge is 0.0540 e. The second kappa shape index (κ2) is 7.27. The van der Waals surface area contributed by atoms with Crippen molar-refractivity contribution >= 4 is 0 Å². The summed E-state index contributed by atoms with van der Waals surface area (Å²) < 4.78 is 0. The third-order valence-electron chi connectivity index (χ3n) is 4.03. The van der Waals surface area contributed by atoms with Gasteiger partial charge in [0.1, 0.15) is 0 Å². The molecule has 1 aliphatic carbocycles. The lowest BCUT2D eigenvalue weighted by Crippen LogP contribution is -2.17. The molecule has 1 heteroatoms. The van der Waals surface area contributed by atoms with Crippen LogP contribution < -0.4 is 0 Å². The van der Waals surface area contributed by atoms with E-state index in [0.717, 1.165) is 31.1 Å². The van der Waals surface area contributed by atoms with E-state index in [1.807, 2.05) is 0 Å². The van der Waals surface area contributed by atoms with Crippen LogP contribution in [-0.2, 0) is 0 Å². The minimum atomic E-state index is -0.0407. The fourth-order valence-electron chi connectivity index (χ4n) is 2.87. The van der Waals surface area contributed by atoms with Crippen molar-refractivity contribution in [2.45, 2.75) is 77.7 Å². The number of aliphatic hydroxyl groups excluding tert-OH is 1. The van der Waals surface area contributed by atoms with Gasteiger partial charge in [0.2, 0.25) is 0 Å². The Balaban J connectivity index is 2.13. The molecule has 0 aromatic rings. The van der Waals surface area contributed by atoms with E-state index in [2.05, 4.69) is 13.8 Å². The molecule has 1 aliphatic rings. The zero-order valence-electron chi connectivity index (χ0n) is 10.5. The van der Waals surface area contributed by atoms with Gasteiger partial charge in [-0.25, -0.2) is 0 Å². The van der Waals surface area contributed by atoms with E-state index < -0.39 is 0 Å². The molecule has 90 valence electrons. The highest BCUT2D eigenvalue weighted by atomic mass is 16.3. The molecule has 1 fully saturated rings. The topological polar surface area (TPSA) is 20.2 Å². The molecule has 1 N–H and O–H groups in total. The Hall–Kier alpha value is -0.0400. The Kier molecular flexibility index (Phi) is 6.31. The molecule has 0 aliphatic heterocycles. The summed E-state index contributed by atoms with van der Waals surface area (Å²) >= 11 is 0. The van der Waals surface area contributed by atoms with E-state index in [1.54, 1.807) is 0 Å². The number of hydrogen-bond acceptors (Lipinski definition) is 1. The maximum absolute atomic E-state index is 9.70. The van der Waals surface area contributed by atoms with E-state index in [0.29, 0.717) is 0 Å². The second-order valence-electron chi connectivity index (χ2n) is 5.40. The Morgan fingerprint density at radius 2 is 1.73 bits per heavy atom. The summed E-state index contributed by atoms with van der Waals surface area (Å²) in [6, 6.07) is 0. The van der Waals surface area contributed by atoms with Gasteiger partial charge in [0, 0.05) is 0 Å². The molecule has 0 spiro atoms. The van der Waals surface area contributed by atoms with Gasteiger partial charge >= 0.3 is 0 Å². The summed E-state index contributed by atoms with van der Waals surface area (Å²) in [5.74, 6) is 1.78. The predicted molar refractivity (Wildman–Crippen MR) is 65.9 cm³/mol. The Morgan fingerprint density at radius 3 is 2.33 bits per heavy atom. The zero-order chi connectivity index (χ0) is 11.1. The first-order chi connectivity index (χ1) is 7.24. The molecule has 2 atom stereocenters. The minimum Gasteiger partial charge on any atom is -0.393 e. The lowest BCUT2D eigenvalue weighted by atomic mass is 9.78. The molecule has 1 saturated carbocycles. The Bertz CT molecular complexity index is 149. The summed E-state index contributed by atoms with van der Waals surface area (Å²) in [4.78, 5) is 0. The van der Waals surface area contributed by atoms with Crippen molar-refractivity contribution in [2.75, 3.05) is 0 Å². The molecular weight excluding hydrogens is 184 g/mol. The highest BCUT2D eigenvalue weighted by Gasteiger charge is 2.20. The maximum Gasteiger partial charge on any atom is 0.0540 e. The monoisotopic (exact) mass is 212 g/mol. The van der Waals surface area contributed by atoms with Gasteiger partial charge in [0.05, 0.1) is 6.10 Å². The molecule has 0 bridgehead atoms. The van der Waals surface area contributed by atoms with Crippen LogP contribution in [0.15, 0.2) is 0 Å². The number of hydrogen-bond donors (Lipinski definition) is 1. The standard InChI is InChI=1S/C14H28O/c1-3-7-14(15)11-10-12(2)13-8-5-4-6-9-13/h12-15H,3-11H2,1-2H3.